The molecule has 0 aliphatic rings. The van der Waals surface area contributed by atoms with Crippen LogP contribution < -0.4 is 4.74 Å². The number of H-pyrrole nitrogens is 1. The van der Waals surface area contributed by atoms with Gasteiger partial charge in [-0.3, -0.25) is 9.78 Å². The number of ketones is 1. The van der Waals surface area contributed by atoms with E-state index in [1.54, 1.807) is 24.5 Å². The number of fused-ring (bicyclic) bond motifs is 1. The largest absolute Gasteiger partial charge is 0.487 e. The number of carbonyl (C=O) groups excluding carboxylic acids is 1. The first kappa shape index (κ1) is 16.8. The molecule has 0 radical (unpaired) electrons. The number of hydrogen-bond donors (Lipinski definition) is 1. The van der Waals surface area contributed by atoms with Gasteiger partial charge in [0.1, 0.15) is 12.4 Å². The van der Waals surface area contributed by atoms with Crippen molar-refractivity contribution in [2.24, 2.45) is 0 Å². The van der Waals surface area contributed by atoms with E-state index in [4.69, 9.17) is 4.74 Å². The molecule has 0 saturated carbocycles. The monoisotopic (exact) mass is 354 g/mol. The number of pyridine rings is 1. The van der Waals surface area contributed by atoms with Gasteiger partial charge in [-0.1, -0.05) is 42.5 Å². The van der Waals surface area contributed by atoms with E-state index in [1.165, 1.54) is 0 Å². The average molecular weight is 354 g/mol. The van der Waals surface area contributed by atoms with Crippen molar-refractivity contribution in [3.8, 4) is 5.75 Å². The third-order valence-corrected chi connectivity index (χ3v) is 4.29. The second-order valence-corrected chi connectivity index (χ2v) is 6.09. The van der Waals surface area contributed by atoms with Crippen LogP contribution in [0.4, 0.5) is 0 Å². The summed E-state index contributed by atoms with van der Waals surface area (Å²) in [5.41, 5.74) is 3.31. The number of nitrogens with zero attached hydrogens (tertiary/aromatic N) is 1. The van der Waals surface area contributed by atoms with Crippen LogP contribution in [0.15, 0.2) is 85.2 Å². The van der Waals surface area contributed by atoms with Gasteiger partial charge in [0.2, 0.25) is 0 Å². The standard InChI is InChI=1S/C23H18N2O2/c26-22(20-15-25-21-10-3-2-9-19(20)21)13-12-17-7-1-4-11-23(17)27-16-18-8-5-6-14-24-18/h1-15,25H,16H2/b13-12+. The lowest BCUT2D eigenvalue weighted by Crippen LogP contribution is -1.99. The number of para-hydroxylation sites is 2. The molecule has 0 spiro atoms. The molecule has 2 aromatic heterocycles. The van der Waals surface area contributed by atoms with Crippen LogP contribution in [0.25, 0.3) is 17.0 Å². The van der Waals surface area contributed by atoms with Gasteiger partial charge in [0.25, 0.3) is 0 Å². The fraction of sp³-hybridized carbons (Fsp3) is 0.0435. The average Bonchev–Trinajstić information content (AvgIpc) is 3.16. The number of hydrogen-bond acceptors (Lipinski definition) is 3. The zero-order chi connectivity index (χ0) is 18.5. The Morgan fingerprint density at radius 3 is 2.70 bits per heavy atom. The number of nitrogens with one attached hydrogen (secondary N) is 1. The Hall–Kier alpha value is -3.66. The minimum absolute atomic E-state index is 0.0491. The molecule has 4 nitrogen and oxygen atoms in total. The summed E-state index contributed by atoms with van der Waals surface area (Å²) in [7, 11) is 0. The van der Waals surface area contributed by atoms with E-state index in [0.29, 0.717) is 17.9 Å². The molecule has 27 heavy (non-hydrogen) atoms. The van der Waals surface area contributed by atoms with E-state index < -0.39 is 0 Å². The van der Waals surface area contributed by atoms with Gasteiger partial charge < -0.3 is 9.72 Å². The minimum Gasteiger partial charge on any atom is -0.487 e. The van der Waals surface area contributed by atoms with E-state index in [9.17, 15) is 4.79 Å². The number of aromatic amines is 1. The molecule has 0 saturated heterocycles. The quantitative estimate of drug-likeness (QED) is 0.390. The molecule has 2 heterocycles. The Balaban J connectivity index is 1.53. The second kappa shape index (κ2) is 7.70. The summed E-state index contributed by atoms with van der Waals surface area (Å²) in [6, 6.07) is 21.1. The van der Waals surface area contributed by atoms with Crippen LogP contribution in [-0.2, 0) is 6.61 Å². The summed E-state index contributed by atoms with van der Waals surface area (Å²) in [4.78, 5) is 20.0. The van der Waals surface area contributed by atoms with Crippen molar-refractivity contribution < 1.29 is 9.53 Å². The van der Waals surface area contributed by atoms with Crippen LogP contribution in [0.3, 0.4) is 0 Å². The third kappa shape index (κ3) is 3.80. The molecule has 4 rings (SSSR count). The Bertz CT molecular complexity index is 1100. The smallest absolute Gasteiger partial charge is 0.188 e. The predicted octanol–water partition coefficient (Wildman–Crippen LogP) is 5.04. The fourth-order valence-electron chi connectivity index (χ4n) is 2.92. The van der Waals surface area contributed by atoms with Gasteiger partial charge >= 0.3 is 0 Å². The van der Waals surface area contributed by atoms with Crippen molar-refractivity contribution >= 4 is 22.8 Å². The van der Waals surface area contributed by atoms with Crippen molar-refractivity contribution in [3.63, 3.8) is 0 Å². The molecule has 0 fully saturated rings. The van der Waals surface area contributed by atoms with Crippen LogP contribution in [0.2, 0.25) is 0 Å². The van der Waals surface area contributed by atoms with Crippen LogP contribution in [0, 0.1) is 0 Å². The highest BCUT2D eigenvalue weighted by Gasteiger charge is 2.09. The normalized spacial score (nSPS) is 11.1. The highest BCUT2D eigenvalue weighted by Crippen LogP contribution is 2.22. The molecule has 4 heteroatoms. The topological polar surface area (TPSA) is 55.0 Å². The Morgan fingerprint density at radius 2 is 1.81 bits per heavy atom. The van der Waals surface area contributed by atoms with Crippen molar-refractivity contribution in [3.05, 3.63) is 102 Å². The Morgan fingerprint density at radius 1 is 1.00 bits per heavy atom. The first-order valence-electron chi connectivity index (χ1n) is 8.71. The predicted molar refractivity (Wildman–Crippen MR) is 107 cm³/mol. The number of benzene rings is 2. The molecule has 0 aliphatic carbocycles. The maximum Gasteiger partial charge on any atom is 0.188 e. The third-order valence-electron chi connectivity index (χ3n) is 4.29. The van der Waals surface area contributed by atoms with E-state index in [2.05, 4.69) is 9.97 Å². The van der Waals surface area contributed by atoms with Crippen molar-refractivity contribution in [1.82, 2.24) is 9.97 Å². The van der Waals surface area contributed by atoms with Crippen LogP contribution in [0.1, 0.15) is 21.6 Å². The number of allylic oxidation sites excluding steroid dienone is 1. The maximum absolute atomic E-state index is 12.6. The molecule has 0 atom stereocenters. The molecule has 0 bridgehead atoms. The maximum atomic E-state index is 12.6. The Kier molecular flexibility index (Phi) is 4.79. The van der Waals surface area contributed by atoms with E-state index >= 15 is 0 Å². The SMILES string of the molecule is O=C(/C=C/c1ccccc1OCc1ccccn1)c1c[nH]c2ccccc12. The van der Waals surface area contributed by atoms with Crippen LogP contribution in [0.5, 0.6) is 5.75 Å². The molecular weight excluding hydrogens is 336 g/mol. The fourth-order valence-corrected chi connectivity index (χ4v) is 2.92. The van der Waals surface area contributed by atoms with Gasteiger partial charge in [0.05, 0.1) is 5.69 Å². The molecule has 0 unspecified atom stereocenters. The lowest BCUT2D eigenvalue weighted by molar-refractivity contribution is 0.104. The van der Waals surface area contributed by atoms with Gasteiger partial charge in [0, 0.05) is 34.4 Å². The van der Waals surface area contributed by atoms with Crippen molar-refractivity contribution in [2.45, 2.75) is 6.61 Å². The summed E-state index contributed by atoms with van der Waals surface area (Å²) >= 11 is 0. The summed E-state index contributed by atoms with van der Waals surface area (Å²) in [6.07, 6.45) is 6.86. The summed E-state index contributed by atoms with van der Waals surface area (Å²) in [5, 5.41) is 0.923. The molecule has 1 N–H and O–H groups in total. The highest BCUT2D eigenvalue weighted by molar-refractivity contribution is 6.14. The second-order valence-electron chi connectivity index (χ2n) is 6.09. The first-order chi connectivity index (χ1) is 13.3. The Labute approximate surface area is 157 Å². The minimum atomic E-state index is -0.0491. The van der Waals surface area contributed by atoms with Crippen LogP contribution in [-0.4, -0.2) is 15.8 Å². The van der Waals surface area contributed by atoms with Gasteiger partial charge in [-0.2, -0.15) is 0 Å². The van der Waals surface area contributed by atoms with Crippen LogP contribution >= 0.6 is 0 Å². The highest BCUT2D eigenvalue weighted by atomic mass is 16.5. The number of aromatic nitrogens is 2. The molecule has 4 aromatic rings. The van der Waals surface area contributed by atoms with Gasteiger partial charge in [-0.25, -0.2) is 0 Å². The van der Waals surface area contributed by atoms with Gasteiger partial charge in [-0.05, 0) is 36.4 Å². The van der Waals surface area contributed by atoms with E-state index in [-0.39, 0.29) is 5.78 Å². The lowest BCUT2D eigenvalue weighted by Gasteiger charge is -2.08. The van der Waals surface area contributed by atoms with Gasteiger partial charge in [-0.15, -0.1) is 0 Å². The van der Waals surface area contributed by atoms with Crippen molar-refractivity contribution in [2.75, 3.05) is 0 Å². The molecular formula is C23H18N2O2. The zero-order valence-electron chi connectivity index (χ0n) is 14.6. The summed E-state index contributed by atoms with van der Waals surface area (Å²) in [5.74, 6) is 0.665. The van der Waals surface area contributed by atoms with Crippen molar-refractivity contribution in [1.29, 1.82) is 0 Å². The first-order valence-corrected chi connectivity index (χ1v) is 8.71. The molecule has 2 aromatic carbocycles. The number of carbonyl (C=O) groups is 1. The lowest BCUT2D eigenvalue weighted by atomic mass is 10.1. The molecule has 0 aliphatic heterocycles. The summed E-state index contributed by atoms with van der Waals surface area (Å²) in [6.45, 7) is 0.377. The van der Waals surface area contributed by atoms with Gasteiger partial charge in [0.15, 0.2) is 5.78 Å². The molecule has 132 valence electrons. The van der Waals surface area contributed by atoms with E-state index in [0.717, 1.165) is 22.2 Å². The van der Waals surface area contributed by atoms with E-state index in [1.807, 2.05) is 66.7 Å². The number of ether oxygens (including phenoxy) is 1. The zero-order valence-corrected chi connectivity index (χ0v) is 14.6. The number of rotatable bonds is 6. The molecule has 0 amide bonds. The summed E-state index contributed by atoms with van der Waals surface area (Å²) < 4.78 is 5.89.